The van der Waals surface area contributed by atoms with Crippen molar-refractivity contribution >= 4 is 21.6 Å². The van der Waals surface area contributed by atoms with E-state index in [1.54, 1.807) is 11.3 Å². The smallest absolute Gasteiger partial charge is 0.230 e. The van der Waals surface area contributed by atoms with Crippen molar-refractivity contribution in [3.63, 3.8) is 0 Å². The predicted octanol–water partition coefficient (Wildman–Crippen LogP) is 3.71. The highest BCUT2D eigenvalue weighted by Crippen LogP contribution is 2.36. The summed E-state index contributed by atoms with van der Waals surface area (Å²) in [7, 11) is 0. The molecule has 22 heavy (non-hydrogen) atoms. The Kier molecular flexibility index (Phi) is 3.63. The molecule has 0 bridgehead atoms. The molecule has 5 nitrogen and oxygen atoms in total. The van der Waals surface area contributed by atoms with Crippen LogP contribution in [0.1, 0.15) is 42.1 Å². The molecule has 0 N–H and O–H groups in total. The Labute approximate surface area is 133 Å². The maximum atomic E-state index is 5.55. The number of thiazole rings is 1. The average molecular weight is 314 g/mol. The lowest BCUT2D eigenvalue weighted by Crippen LogP contribution is -2.33. The second kappa shape index (κ2) is 5.78. The van der Waals surface area contributed by atoms with E-state index in [0.29, 0.717) is 24.4 Å². The fourth-order valence-electron chi connectivity index (χ4n) is 3.07. The first-order chi connectivity index (χ1) is 10.8. The summed E-state index contributed by atoms with van der Waals surface area (Å²) in [6.45, 7) is 3.60. The van der Waals surface area contributed by atoms with E-state index in [4.69, 9.17) is 9.40 Å². The predicted molar refractivity (Wildman–Crippen MR) is 85.7 cm³/mol. The lowest BCUT2D eigenvalue weighted by atomic mass is 10.0. The van der Waals surface area contributed by atoms with Crippen LogP contribution in [0, 0.1) is 6.92 Å². The van der Waals surface area contributed by atoms with Crippen molar-refractivity contribution in [3.8, 4) is 0 Å². The van der Waals surface area contributed by atoms with Crippen molar-refractivity contribution in [2.45, 2.75) is 38.8 Å². The number of hydrogen-bond donors (Lipinski definition) is 0. The highest BCUT2D eigenvalue weighted by Gasteiger charge is 2.28. The van der Waals surface area contributed by atoms with Gasteiger partial charge in [-0.2, -0.15) is 0 Å². The zero-order chi connectivity index (χ0) is 14.9. The molecule has 0 saturated carbocycles. The molecular formula is C16H18N4OS. The van der Waals surface area contributed by atoms with Crippen molar-refractivity contribution in [2.24, 2.45) is 0 Å². The SMILES string of the molecule is Cc1nnc(CN2CCCCC2c2nc3ccccc3s2)o1. The standard InChI is InChI=1S/C16H18N4OS/c1-11-18-19-15(21-11)10-20-9-5-4-7-13(20)16-17-12-6-2-3-8-14(12)22-16/h2-3,6,8,13H,4-5,7,9-10H2,1H3. The first-order valence-corrected chi connectivity index (χ1v) is 8.50. The number of rotatable bonds is 3. The molecule has 1 aliphatic heterocycles. The van der Waals surface area contributed by atoms with Crippen molar-refractivity contribution in [3.05, 3.63) is 41.1 Å². The van der Waals surface area contributed by atoms with E-state index in [9.17, 15) is 0 Å². The Morgan fingerprint density at radius 2 is 2.18 bits per heavy atom. The lowest BCUT2D eigenvalue weighted by molar-refractivity contribution is 0.127. The molecule has 3 aromatic rings. The van der Waals surface area contributed by atoms with Gasteiger partial charge in [0.15, 0.2) is 0 Å². The molecule has 0 aliphatic carbocycles. The van der Waals surface area contributed by atoms with Gasteiger partial charge in [-0.05, 0) is 31.5 Å². The molecule has 3 heterocycles. The third-order valence-electron chi connectivity index (χ3n) is 4.12. The Hall–Kier alpha value is -1.79. The summed E-state index contributed by atoms with van der Waals surface area (Å²) in [5.74, 6) is 1.33. The minimum absolute atomic E-state index is 0.360. The van der Waals surface area contributed by atoms with E-state index in [0.717, 1.165) is 18.5 Å². The summed E-state index contributed by atoms with van der Waals surface area (Å²) in [6, 6.07) is 8.71. The van der Waals surface area contributed by atoms with Gasteiger partial charge in [0, 0.05) is 6.92 Å². The van der Waals surface area contributed by atoms with Gasteiger partial charge in [0.2, 0.25) is 11.8 Å². The highest BCUT2D eigenvalue weighted by atomic mass is 32.1. The van der Waals surface area contributed by atoms with Gasteiger partial charge in [-0.3, -0.25) is 4.90 Å². The van der Waals surface area contributed by atoms with Gasteiger partial charge in [-0.1, -0.05) is 18.6 Å². The first kappa shape index (κ1) is 13.8. The van der Waals surface area contributed by atoms with E-state index >= 15 is 0 Å². The number of piperidine rings is 1. The molecule has 0 radical (unpaired) electrons. The Morgan fingerprint density at radius 3 is 3.00 bits per heavy atom. The van der Waals surface area contributed by atoms with Crippen LogP contribution in [0.5, 0.6) is 0 Å². The minimum Gasteiger partial charge on any atom is -0.424 e. The monoisotopic (exact) mass is 314 g/mol. The van der Waals surface area contributed by atoms with Crippen LogP contribution >= 0.6 is 11.3 Å². The van der Waals surface area contributed by atoms with Gasteiger partial charge in [-0.15, -0.1) is 21.5 Å². The summed E-state index contributed by atoms with van der Waals surface area (Å²) in [4.78, 5) is 7.27. The summed E-state index contributed by atoms with van der Waals surface area (Å²) < 4.78 is 6.81. The molecule has 2 aromatic heterocycles. The van der Waals surface area contributed by atoms with Gasteiger partial charge >= 0.3 is 0 Å². The quantitative estimate of drug-likeness (QED) is 0.737. The molecule has 1 saturated heterocycles. The van der Waals surface area contributed by atoms with Crippen LogP contribution in [0.25, 0.3) is 10.2 Å². The van der Waals surface area contributed by atoms with Crippen LogP contribution in [-0.4, -0.2) is 26.6 Å². The Morgan fingerprint density at radius 1 is 1.27 bits per heavy atom. The second-order valence-corrected chi connectivity index (χ2v) is 6.78. The van der Waals surface area contributed by atoms with Gasteiger partial charge in [0.1, 0.15) is 5.01 Å². The number of aryl methyl sites for hydroxylation is 1. The fraction of sp³-hybridized carbons (Fsp3) is 0.438. The van der Waals surface area contributed by atoms with E-state index in [-0.39, 0.29) is 0 Å². The molecule has 1 unspecified atom stereocenters. The zero-order valence-electron chi connectivity index (χ0n) is 12.5. The molecular weight excluding hydrogens is 296 g/mol. The fourth-order valence-corrected chi connectivity index (χ4v) is 4.20. The number of fused-ring (bicyclic) bond motifs is 1. The molecule has 6 heteroatoms. The number of hydrogen-bond acceptors (Lipinski definition) is 6. The number of aromatic nitrogens is 3. The molecule has 4 rings (SSSR count). The largest absolute Gasteiger partial charge is 0.424 e. The molecule has 1 aromatic carbocycles. The van der Waals surface area contributed by atoms with E-state index < -0.39 is 0 Å². The van der Waals surface area contributed by atoms with Crippen molar-refractivity contribution in [1.82, 2.24) is 20.1 Å². The first-order valence-electron chi connectivity index (χ1n) is 7.68. The number of benzene rings is 1. The summed E-state index contributed by atoms with van der Waals surface area (Å²) in [5.41, 5.74) is 1.10. The van der Waals surface area contributed by atoms with E-state index in [1.807, 2.05) is 13.0 Å². The van der Waals surface area contributed by atoms with Crippen molar-refractivity contribution < 1.29 is 4.42 Å². The number of nitrogens with zero attached hydrogens (tertiary/aromatic N) is 4. The Bertz CT molecular complexity index is 748. The molecule has 114 valence electrons. The highest BCUT2D eigenvalue weighted by molar-refractivity contribution is 7.18. The minimum atomic E-state index is 0.360. The van der Waals surface area contributed by atoms with Crippen LogP contribution in [0.2, 0.25) is 0 Å². The third kappa shape index (κ3) is 2.64. The Balaban J connectivity index is 1.62. The van der Waals surface area contributed by atoms with Crippen LogP contribution in [0.3, 0.4) is 0 Å². The lowest BCUT2D eigenvalue weighted by Gasteiger charge is -2.33. The van der Waals surface area contributed by atoms with Gasteiger partial charge in [0.25, 0.3) is 0 Å². The van der Waals surface area contributed by atoms with E-state index in [2.05, 4.69) is 33.3 Å². The third-order valence-corrected chi connectivity index (χ3v) is 5.25. The van der Waals surface area contributed by atoms with Crippen LogP contribution in [-0.2, 0) is 6.54 Å². The van der Waals surface area contributed by atoms with Crippen LogP contribution in [0.4, 0.5) is 0 Å². The van der Waals surface area contributed by atoms with Crippen LogP contribution < -0.4 is 0 Å². The maximum Gasteiger partial charge on any atom is 0.230 e. The molecule has 1 fully saturated rings. The van der Waals surface area contributed by atoms with Crippen molar-refractivity contribution in [2.75, 3.05) is 6.54 Å². The molecule has 0 amide bonds. The number of para-hydroxylation sites is 1. The van der Waals surface area contributed by atoms with Gasteiger partial charge in [-0.25, -0.2) is 4.98 Å². The van der Waals surface area contributed by atoms with Crippen LogP contribution in [0.15, 0.2) is 28.7 Å². The molecule has 0 spiro atoms. The summed E-state index contributed by atoms with van der Waals surface area (Å²) in [6.07, 6.45) is 3.61. The summed E-state index contributed by atoms with van der Waals surface area (Å²) >= 11 is 1.80. The molecule has 1 aliphatic rings. The molecule has 1 atom stereocenters. The van der Waals surface area contributed by atoms with Crippen molar-refractivity contribution in [1.29, 1.82) is 0 Å². The summed E-state index contributed by atoms with van der Waals surface area (Å²) in [5, 5.41) is 9.27. The van der Waals surface area contributed by atoms with E-state index in [1.165, 1.54) is 22.5 Å². The van der Waals surface area contributed by atoms with Gasteiger partial charge < -0.3 is 4.42 Å². The topological polar surface area (TPSA) is 55.1 Å². The van der Waals surface area contributed by atoms with Gasteiger partial charge in [0.05, 0.1) is 22.8 Å². The number of likely N-dealkylation sites (tertiary alicyclic amines) is 1. The average Bonchev–Trinajstić information content (AvgIpc) is 3.14. The second-order valence-electron chi connectivity index (χ2n) is 5.72. The zero-order valence-corrected chi connectivity index (χ0v) is 13.3. The maximum absolute atomic E-state index is 5.55. The normalized spacial score (nSPS) is 19.8.